The lowest BCUT2D eigenvalue weighted by Gasteiger charge is -2.68. The topological polar surface area (TPSA) is 85.3 Å². The summed E-state index contributed by atoms with van der Waals surface area (Å²) in [5.74, 6) is -1.88. The molecule has 0 amide bonds. The van der Waals surface area contributed by atoms with Crippen molar-refractivity contribution in [1.82, 2.24) is 4.90 Å². The molecule has 1 N–H and O–H groups in total. The molecule has 11 atom stereocenters. The number of piperidine rings is 1. The van der Waals surface area contributed by atoms with Gasteiger partial charge in [0, 0.05) is 46.2 Å². The molecule has 8 aliphatic rings. The summed E-state index contributed by atoms with van der Waals surface area (Å²) in [6.07, 6.45) is 9.42. The van der Waals surface area contributed by atoms with Gasteiger partial charge in [0.25, 0.3) is 0 Å². The van der Waals surface area contributed by atoms with Gasteiger partial charge in [-0.25, -0.2) is 0 Å². The number of ketones is 1. The summed E-state index contributed by atoms with van der Waals surface area (Å²) in [5.41, 5.74) is 0.558. The Morgan fingerprint density at radius 3 is 2.73 bits per heavy atom. The third-order valence-electron chi connectivity index (χ3n) is 12.6. The first-order valence-corrected chi connectivity index (χ1v) is 14.4. The van der Waals surface area contributed by atoms with Gasteiger partial charge in [-0.05, 0) is 56.9 Å². The Kier molecular flexibility index (Phi) is 4.21. The number of esters is 1. The molecule has 5 saturated heterocycles. The van der Waals surface area contributed by atoms with Gasteiger partial charge in [0.05, 0.1) is 25.7 Å². The number of aliphatic hydroxyl groups is 1. The van der Waals surface area contributed by atoms with E-state index in [-0.39, 0.29) is 59.1 Å². The minimum absolute atomic E-state index is 0.0251. The van der Waals surface area contributed by atoms with E-state index in [9.17, 15) is 14.7 Å². The van der Waals surface area contributed by atoms with Crippen molar-refractivity contribution in [3.05, 3.63) is 23.4 Å². The standard InChI is InChI=1S/C30H39NO6/c1-16-8-20-24(21(32)9-16)18(3)30(34)25-27(20,14-36-30)11-22-26(4,28(25)12-23(33)35-15-28)5-6-29-10-17(2)7-19(37-29)13-31(22)29/h9,11,17-20,24-25,34H,5-8,10,12-15H2,1-4H3/t17-,18+,19+,20+,24-,25-,26+,27+,28+,29?,30-/m0/s1. The zero-order valence-corrected chi connectivity index (χ0v) is 22.4. The Morgan fingerprint density at radius 1 is 1.16 bits per heavy atom. The highest BCUT2D eigenvalue weighted by Gasteiger charge is 2.81. The van der Waals surface area contributed by atoms with Crippen LogP contribution in [0.1, 0.15) is 66.2 Å². The van der Waals surface area contributed by atoms with Gasteiger partial charge in [-0.15, -0.1) is 0 Å². The van der Waals surface area contributed by atoms with Gasteiger partial charge >= 0.3 is 5.97 Å². The molecular weight excluding hydrogens is 470 g/mol. The molecule has 8 rings (SSSR count). The molecule has 5 heterocycles. The fourth-order valence-electron chi connectivity index (χ4n) is 11.1. The van der Waals surface area contributed by atoms with E-state index in [1.165, 1.54) is 5.70 Å². The number of carbonyl (C=O) groups is 2. The lowest BCUT2D eigenvalue weighted by molar-refractivity contribution is -0.293. The summed E-state index contributed by atoms with van der Waals surface area (Å²) in [7, 11) is 0. The molecule has 0 aromatic heterocycles. The van der Waals surface area contributed by atoms with Gasteiger partial charge in [0.2, 0.25) is 0 Å². The largest absolute Gasteiger partial charge is 0.465 e. The van der Waals surface area contributed by atoms with Crippen LogP contribution < -0.4 is 0 Å². The summed E-state index contributed by atoms with van der Waals surface area (Å²) in [6, 6.07) is 0. The number of allylic oxidation sites excluding steroid dienone is 3. The van der Waals surface area contributed by atoms with E-state index in [1.54, 1.807) is 6.08 Å². The normalized spacial score (nSPS) is 57.3. The van der Waals surface area contributed by atoms with Crippen LogP contribution in [0.5, 0.6) is 0 Å². The van der Waals surface area contributed by atoms with Gasteiger partial charge < -0.3 is 24.2 Å². The van der Waals surface area contributed by atoms with E-state index >= 15 is 0 Å². The minimum atomic E-state index is -1.48. The van der Waals surface area contributed by atoms with Crippen molar-refractivity contribution in [3.8, 4) is 0 Å². The van der Waals surface area contributed by atoms with Gasteiger partial charge in [0.1, 0.15) is 5.72 Å². The zero-order chi connectivity index (χ0) is 25.8. The maximum Gasteiger partial charge on any atom is 0.306 e. The summed E-state index contributed by atoms with van der Waals surface area (Å²) in [5, 5.41) is 12.5. The van der Waals surface area contributed by atoms with Crippen molar-refractivity contribution in [2.45, 2.75) is 83.8 Å². The molecule has 4 bridgehead atoms. The summed E-state index contributed by atoms with van der Waals surface area (Å²) >= 11 is 0. The van der Waals surface area contributed by atoms with Gasteiger partial charge in [-0.2, -0.15) is 0 Å². The minimum Gasteiger partial charge on any atom is -0.465 e. The molecule has 0 aromatic carbocycles. The Bertz CT molecular complexity index is 1190. The number of fused-ring (bicyclic) bond motifs is 5. The second-order valence-electron chi connectivity index (χ2n) is 14.3. The molecule has 7 nitrogen and oxygen atoms in total. The van der Waals surface area contributed by atoms with Gasteiger partial charge in [0.15, 0.2) is 11.6 Å². The molecule has 5 aliphatic heterocycles. The van der Waals surface area contributed by atoms with Crippen LogP contribution in [0.4, 0.5) is 0 Å². The molecule has 0 aromatic rings. The average Bonchev–Trinajstić information content (AvgIpc) is 3.43. The second-order valence-corrected chi connectivity index (χ2v) is 14.3. The van der Waals surface area contributed by atoms with Crippen molar-refractivity contribution in [3.63, 3.8) is 0 Å². The van der Waals surface area contributed by atoms with Crippen molar-refractivity contribution < 1.29 is 28.9 Å². The van der Waals surface area contributed by atoms with Crippen LogP contribution in [-0.4, -0.2) is 59.1 Å². The zero-order valence-electron chi connectivity index (χ0n) is 22.4. The van der Waals surface area contributed by atoms with Crippen LogP contribution in [0, 0.1) is 45.8 Å². The number of carbonyl (C=O) groups excluding carboxylic acids is 2. The maximum absolute atomic E-state index is 13.5. The molecule has 3 aliphatic carbocycles. The lowest BCUT2D eigenvalue weighted by atomic mass is 9.37. The molecule has 7 heteroatoms. The quantitative estimate of drug-likeness (QED) is 0.500. The highest BCUT2D eigenvalue weighted by atomic mass is 16.6. The highest BCUT2D eigenvalue weighted by Crippen LogP contribution is 2.78. The molecule has 2 spiro atoms. The second kappa shape index (κ2) is 6.71. The maximum atomic E-state index is 13.5. The van der Waals surface area contributed by atoms with Crippen LogP contribution in [0.2, 0.25) is 0 Å². The molecule has 1 saturated carbocycles. The summed E-state index contributed by atoms with van der Waals surface area (Å²) in [6.45, 7) is 10.2. The Hall–Kier alpha value is -1.70. The lowest BCUT2D eigenvalue weighted by Crippen LogP contribution is -2.71. The fraction of sp³-hybridized carbons (Fsp3) is 0.800. The van der Waals surface area contributed by atoms with E-state index < -0.39 is 16.6 Å². The first kappa shape index (κ1) is 23.2. The van der Waals surface area contributed by atoms with E-state index in [0.717, 1.165) is 44.2 Å². The Labute approximate surface area is 218 Å². The fourth-order valence-corrected chi connectivity index (χ4v) is 11.1. The SMILES string of the molecule is CC1=CC(=O)[C@@H]2[C@@H](C1)[C@]13C=C4N5C[C@H]6C[C@H](C)CC5(CC[C@@]4(C)[C@]4(COC(=O)C4)[C@H]1[C@@](O)(OC3)[C@@H]2C)O6. The van der Waals surface area contributed by atoms with Crippen LogP contribution in [0.25, 0.3) is 0 Å². The number of hydrogen-bond donors (Lipinski definition) is 1. The predicted octanol–water partition coefficient (Wildman–Crippen LogP) is 3.57. The number of nitrogens with zero attached hydrogens (tertiary/aromatic N) is 1. The third-order valence-corrected chi connectivity index (χ3v) is 12.6. The van der Waals surface area contributed by atoms with Crippen molar-refractivity contribution in [1.29, 1.82) is 0 Å². The Balaban J connectivity index is 1.39. The highest BCUT2D eigenvalue weighted by molar-refractivity contribution is 5.94. The van der Waals surface area contributed by atoms with Crippen molar-refractivity contribution >= 4 is 11.8 Å². The van der Waals surface area contributed by atoms with E-state index in [0.29, 0.717) is 19.1 Å². The van der Waals surface area contributed by atoms with Crippen LogP contribution in [0.15, 0.2) is 23.4 Å². The van der Waals surface area contributed by atoms with Crippen LogP contribution >= 0.6 is 0 Å². The van der Waals surface area contributed by atoms with Crippen LogP contribution in [0.3, 0.4) is 0 Å². The van der Waals surface area contributed by atoms with Crippen molar-refractivity contribution in [2.75, 3.05) is 19.8 Å². The monoisotopic (exact) mass is 509 g/mol. The number of cyclic esters (lactones) is 1. The van der Waals surface area contributed by atoms with Crippen LogP contribution in [-0.2, 0) is 23.8 Å². The molecule has 0 radical (unpaired) electrons. The molecule has 37 heavy (non-hydrogen) atoms. The third kappa shape index (κ3) is 2.43. The first-order valence-electron chi connectivity index (χ1n) is 14.4. The predicted molar refractivity (Wildman–Crippen MR) is 132 cm³/mol. The number of hydrogen-bond acceptors (Lipinski definition) is 7. The van der Waals surface area contributed by atoms with E-state index in [1.807, 2.05) is 13.8 Å². The number of ether oxygens (including phenoxy) is 3. The summed E-state index contributed by atoms with van der Waals surface area (Å²) < 4.78 is 19.1. The average molecular weight is 510 g/mol. The molecule has 200 valence electrons. The van der Waals surface area contributed by atoms with Gasteiger partial charge in [-0.1, -0.05) is 32.4 Å². The van der Waals surface area contributed by atoms with Gasteiger partial charge in [-0.3, -0.25) is 9.59 Å². The first-order chi connectivity index (χ1) is 17.5. The van der Waals surface area contributed by atoms with E-state index in [2.05, 4.69) is 24.8 Å². The Morgan fingerprint density at radius 2 is 1.97 bits per heavy atom. The summed E-state index contributed by atoms with van der Waals surface area (Å²) in [4.78, 5) is 29.0. The molecule has 6 fully saturated rings. The molecular formula is C30H39NO6. The smallest absolute Gasteiger partial charge is 0.306 e. The van der Waals surface area contributed by atoms with E-state index in [4.69, 9.17) is 14.2 Å². The number of rotatable bonds is 0. The molecule has 1 unspecified atom stereocenters. The van der Waals surface area contributed by atoms with Crippen molar-refractivity contribution in [2.24, 2.45) is 45.8 Å².